The highest BCUT2D eigenvalue weighted by molar-refractivity contribution is 6.05. The van der Waals surface area contributed by atoms with E-state index in [0.29, 0.717) is 37.8 Å². The molecule has 0 spiro atoms. The molecular weight excluding hydrogens is 368 g/mol. The fourth-order valence-electron chi connectivity index (χ4n) is 3.14. The first-order valence-corrected chi connectivity index (χ1v) is 9.15. The molecule has 2 N–H and O–H groups in total. The second kappa shape index (κ2) is 8.47. The lowest BCUT2D eigenvalue weighted by atomic mass is 10.1. The molecule has 2 aromatic rings. The first-order valence-electron chi connectivity index (χ1n) is 9.15. The standard InChI is InChI=1S/C19H23F2N5O2/c1-25(2)10-8-22-19(28)17-24-16(15-5-3-4-9-26(15)17)18(27)23-14-7-6-12(20)11-13(14)21/h6-7,11H,3-5,8-10H2,1-2H3,(H,22,28)(H,23,27). The van der Waals surface area contributed by atoms with Gasteiger partial charge in [0, 0.05) is 25.7 Å². The first kappa shape index (κ1) is 19.9. The quantitative estimate of drug-likeness (QED) is 0.790. The Morgan fingerprint density at radius 1 is 1.21 bits per heavy atom. The largest absolute Gasteiger partial charge is 0.348 e. The number of nitrogens with zero attached hydrogens (tertiary/aromatic N) is 3. The number of likely N-dealkylation sites (N-methyl/N-ethyl adjacent to an activating group) is 1. The maximum Gasteiger partial charge on any atom is 0.287 e. The molecule has 9 heteroatoms. The predicted octanol–water partition coefficient (Wildman–Crippen LogP) is 2.04. The molecular formula is C19H23F2N5O2. The number of hydrogen-bond acceptors (Lipinski definition) is 4. The molecule has 2 amide bonds. The van der Waals surface area contributed by atoms with Crippen molar-refractivity contribution in [3.63, 3.8) is 0 Å². The van der Waals surface area contributed by atoms with Crippen molar-refractivity contribution in [2.24, 2.45) is 0 Å². The molecule has 150 valence electrons. The number of fused-ring (bicyclic) bond motifs is 1. The molecule has 2 heterocycles. The van der Waals surface area contributed by atoms with Crippen LogP contribution in [0.2, 0.25) is 0 Å². The van der Waals surface area contributed by atoms with Crippen LogP contribution in [-0.2, 0) is 13.0 Å². The van der Waals surface area contributed by atoms with Gasteiger partial charge in [-0.2, -0.15) is 0 Å². The fourth-order valence-corrected chi connectivity index (χ4v) is 3.14. The number of carbonyl (C=O) groups excluding carboxylic acids is 2. The van der Waals surface area contributed by atoms with Crippen LogP contribution in [-0.4, -0.2) is 53.5 Å². The molecule has 0 saturated carbocycles. The van der Waals surface area contributed by atoms with Crippen LogP contribution in [0.25, 0.3) is 0 Å². The van der Waals surface area contributed by atoms with Crippen LogP contribution >= 0.6 is 0 Å². The number of aromatic nitrogens is 2. The number of hydrogen-bond donors (Lipinski definition) is 2. The molecule has 7 nitrogen and oxygen atoms in total. The molecule has 0 atom stereocenters. The van der Waals surface area contributed by atoms with Crippen molar-refractivity contribution in [2.75, 3.05) is 32.5 Å². The minimum Gasteiger partial charge on any atom is -0.348 e. The van der Waals surface area contributed by atoms with Crippen molar-refractivity contribution in [3.8, 4) is 0 Å². The van der Waals surface area contributed by atoms with Gasteiger partial charge in [0.25, 0.3) is 11.8 Å². The van der Waals surface area contributed by atoms with E-state index in [1.807, 2.05) is 19.0 Å². The van der Waals surface area contributed by atoms with Gasteiger partial charge in [-0.3, -0.25) is 9.59 Å². The Hall–Kier alpha value is -2.81. The summed E-state index contributed by atoms with van der Waals surface area (Å²) in [5, 5.41) is 5.22. The Morgan fingerprint density at radius 2 is 2.00 bits per heavy atom. The van der Waals surface area contributed by atoms with Crippen LogP contribution in [0.1, 0.15) is 39.6 Å². The van der Waals surface area contributed by atoms with E-state index < -0.39 is 17.5 Å². The molecule has 1 aromatic carbocycles. The number of rotatable bonds is 6. The highest BCUT2D eigenvalue weighted by Gasteiger charge is 2.27. The Labute approximate surface area is 161 Å². The van der Waals surface area contributed by atoms with Gasteiger partial charge in [-0.05, 0) is 45.5 Å². The van der Waals surface area contributed by atoms with Gasteiger partial charge in [-0.1, -0.05) is 0 Å². The number of carbonyl (C=O) groups is 2. The van der Waals surface area contributed by atoms with E-state index in [0.717, 1.165) is 25.0 Å². The van der Waals surface area contributed by atoms with Crippen LogP contribution < -0.4 is 10.6 Å². The summed E-state index contributed by atoms with van der Waals surface area (Å²) in [4.78, 5) is 31.4. The Morgan fingerprint density at radius 3 is 2.71 bits per heavy atom. The van der Waals surface area contributed by atoms with E-state index in [1.165, 1.54) is 0 Å². The monoisotopic (exact) mass is 391 g/mol. The van der Waals surface area contributed by atoms with Crippen molar-refractivity contribution in [1.82, 2.24) is 19.8 Å². The lowest BCUT2D eigenvalue weighted by Crippen LogP contribution is -2.33. The van der Waals surface area contributed by atoms with Crippen LogP contribution in [0.5, 0.6) is 0 Å². The number of benzene rings is 1. The Balaban J connectivity index is 1.83. The average molecular weight is 391 g/mol. The maximum absolute atomic E-state index is 13.9. The molecule has 0 radical (unpaired) electrons. The number of halogens is 2. The molecule has 0 aliphatic carbocycles. The van der Waals surface area contributed by atoms with Crippen LogP contribution in [0.3, 0.4) is 0 Å². The van der Waals surface area contributed by atoms with Crippen LogP contribution in [0.4, 0.5) is 14.5 Å². The average Bonchev–Trinajstić information content (AvgIpc) is 3.03. The zero-order valence-corrected chi connectivity index (χ0v) is 15.9. The van der Waals surface area contributed by atoms with Gasteiger partial charge in [-0.15, -0.1) is 0 Å². The summed E-state index contributed by atoms with van der Waals surface area (Å²) in [7, 11) is 3.81. The highest BCUT2D eigenvalue weighted by Crippen LogP contribution is 2.23. The molecule has 0 fully saturated rings. The third kappa shape index (κ3) is 4.36. The molecule has 3 rings (SSSR count). The third-order valence-corrected chi connectivity index (χ3v) is 4.56. The van der Waals surface area contributed by atoms with E-state index in [-0.39, 0.29) is 23.1 Å². The second-order valence-corrected chi connectivity index (χ2v) is 6.98. The minimum absolute atomic E-state index is 0.0983. The van der Waals surface area contributed by atoms with Crippen molar-refractivity contribution < 1.29 is 18.4 Å². The van der Waals surface area contributed by atoms with Crippen LogP contribution in [0, 0.1) is 11.6 Å². The topological polar surface area (TPSA) is 79.3 Å². The molecule has 28 heavy (non-hydrogen) atoms. The zero-order chi connectivity index (χ0) is 20.3. The third-order valence-electron chi connectivity index (χ3n) is 4.56. The smallest absolute Gasteiger partial charge is 0.287 e. The molecule has 0 bridgehead atoms. The van der Waals surface area contributed by atoms with E-state index in [2.05, 4.69) is 15.6 Å². The number of amides is 2. The minimum atomic E-state index is -0.872. The van der Waals surface area contributed by atoms with Gasteiger partial charge in [-0.25, -0.2) is 13.8 Å². The Kier molecular flexibility index (Phi) is 6.03. The molecule has 1 aromatic heterocycles. The van der Waals surface area contributed by atoms with Crippen molar-refractivity contribution in [3.05, 3.63) is 47.0 Å². The highest BCUT2D eigenvalue weighted by atomic mass is 19.1. The van der Waals surface area contributed by atoms with Crippen molar-refractivity contribution in [2.45, 2.75) is 25.8 Å². The molecule has 1 aliphatic heterocycles. The van der Waals surface area contributed by atoms with E-state index in [4.69, 9.17) is 0 Å². The first-order chi connectivity index (χ1) is 13.4. The summed E-state index contributed by atoms with van der Waals surface area (Å²) in [5.41, 5.74) is 0.617. The molecule has 1 aliphatic rings. The summed E-state index contributed by atoms with van der Waals surface area (Å²) >= 11 is 0. The predicted molar refractivity (Wildman–Crippen MR) is 100 cm³/mol. The van der Waals surface area contributed by atoms with Crippen LogP contribution in [0.15, 0.2) is 18.2 Å². The zero-order valence-electron chi connectivity index (χ0n) is 15.9. The maximum atomic E-state index is 13.9. The second-order valence-electron chi connectivity index (χ2n) is 6.98. The van der Waals surface area contributed by atoms with Gasteiger partial charge in [0.2, 0.25) is 0 Å². The van der Waals surface area contributed by atoms with Crippen molar-refractivity contribution >= 4 is 17.5 Å². The van der Waals surface area contributed by atoms with Gasteiger partial charge in [0.1, 0.15) is 11.6 Å². The lowest BCUT2D eigenvalue weighted by molar-refractivity contribution is 0.0935. The molecule has 0 unspecified atom stereocenters. The summed E-state index contributed by atoms with van der Waals surface area (Å²) < 4.78 is 28.7. The Bertz CT molecular complexity index is 895. The van der Waals surface area contributed by atoms with E-state index >= 15 is 0 Å². The van der Waals surface area contributed by atoms with E-state index in [9.17, 15) is 18.4 Å². The van der Waals surface area contributed by atoms with Crippen molar-refractivity contribution in [1.29, 1.82) is 0 Å². The summed E-state index contributed by atoms with van der Waals surface area (Å²) in [6, 6.07) is 2.91. The summed E-state index contributed by atoms with van der Waals surface area (Å²) in [6.45, 7) is 1.73. The van der Waals surface area contributed by atoms with Gasteiger partial charge >= 0.3 is 0 Å². The SMILES string of the molecule is CN(C)CCNC(=O)c1nc(C(=O)Nc2ccc(F)cc2F)c2n1CCCC2. The summed E-state index contributed by atoms with van der Waals surface area (Å²) in [5.74, 6) is -2.40. The van der Waals surface area contributed by atoms with E-state index in [1.54, 1.807) is 4.57 Å². The molecule has 0 saturated heterocycles. The van der Waals surface area contributed by atoms with Gasteiger partial charge < -0.3 is 20.1 Å². The lowest BCUT2D eigenvalue weighted by Gasteiger charge is -2.17. The normalized spacial score (nSPS) is 13.3. The number of nitrogens with one attached hydrogen (secondary N) is 2. The number of anilines is 1. The fraction of sp³-hybridized carbons (Fsp3) is 0.421. The summed E-state index contributed by atoms with van der Waals surface area (Å²) in [6.07, 6.45) is 2.36. The number of imidazole rings is 1. The van der Waals surface area contributed by atoms with Gasteiger partial charge in [0.05, 0.1) is 11.4 Å². The van der Waals surface area contributed by atoms with Gasteiger partial charge in [0.15, 0.2) is 11.5 Å².